The number of aliphatic imine (C=N–C) groups is 1. The van der Waals surface area contributed by atoms with Gasteiger partial charge < -0.3 is 15.4 Å². The van der Waals surface area contributed by atoms with E-state index in [2.05, 4.69) is 15.6 Å². The summed E-state index contributed by atoms with van der Waals surface area (Å²) in [5.41, 5.74) is 0.980. The molecule has 0 aliphatic heterocycles. The molecule has 1 aromatic rings. The molecule has 0 radical (unpaired) electrons. The van der Waals surface area contributed by atoms with E-state index in [1.54, 1.807) is 13.2 Å². The minimum Gasteiger partial charge on any atom is -0.383 e. The van der Waals surface area contributed by atoms with Crippen LogP contribution in [0.3, 0.4) is 0 Å². The second kappa shape index (κ2) is 11.3. The van der Waals surface area contributed by atoms with Gasteiger partial charge in [0, 0.05) is 23.7 Å². The molecule has 0 heterocycles. The van der Waals surface area contributed by atoms with Gasteiger partial charge in [-0.3, -0.25) is 4.99 Å². The van der Waals surface area contributed by atoms with Crippen LogP contribution in [0.5, 0.6) is 0 Å². The minimum absolute atomic E-state index is 0. The van der Waals surface area contributed by atoms with Crippen molar-refractivity contribution in [2.24, 2.45) is 4.99 Å². The Labute approximate surface area is 153 Å². The Bertz CT molecular complexity index is 458. The van der Waals surface area contributed by atoms with Gasteiger partial charge in [0.25, 0.3) is 0 Å². The van der Waals surface area contributed by atoms with Gasteiger partial charge in [-0.05, 0) is 31.5 Å². The van der Waals surface area contributed by atoms with Gasteiger partial charge >= 0.3 is 0 Å². The van der Waals surface area contributed by atoms with E-state index in [0.717, 1.165) is 18.1 Å². The summed E-state index contributed by atoms with van der Waals surface area (Å²) in [7, 11) is 1.66. The molecule has 0 saturated heterocycles. The first-order valence-corrected chi connectivity index (χ1v) is 7.32. The summed E-state index contributed by atoms with van der Waals surface area (Å²) in [5, 5.41) is 7.77. The van der Waals surface area contributed by atoms with E-state index in [0.29, 0.717) is 23.2 Å². The second-order valence-electron chi connectivity index (χ2n) is 4.29. The van der Waals surface area contributed by atoms with Gasteiger partial charge in [-0.15, -0.1) is 24.0 Å². The van der Waals surface area contributed by atoms with E-state index in [-0.39, 0.29) is 30.0 Å². The molecule has 1 atom stereocenters. The Morgan fingerprint density at radius 2 is 2.10 bits per heavy atom. The van der Waals surface area contributed by atoms with Gasteiger partial charge in [0.2, 0.25) is 0 Å². The van der Waals surface area contributed by atoms with Crippen LogP contribution in [-0.2, 0) is 4.74 Å². The lowest BCUT2D eigenvalue weighted by atomic mass is 10.1. The quantitative estimate of drug-likeness (QED) is 0.302. The van der Waals surface area contributed by atoms with Crippen molar-refractivity contribution in [2.45, 2.75) is 19.9 Å². The molecular weight excluding hydrogens is 424 g/mol. The Morgan fingerprint density at radius 1 is 1.38 bits per heavy atom. The zero-order chi connectivity index (χ0) is 15.0. The summed E-state index contributed by atoms with van der Waals surface area (Å²) in [6.07, 6.45) is 0. The van der Waals surface area contributed by atoms with Gasteiger partial charge in [-0.1, -0.05) is 29.3 Å². The monoisotopic (exact) mass is 445 g/mol. The first-order chi connectivity index (χ1) is 9.58. The molecule has 0 aromatic heterocycles. The summed E-state index contributed by atoms with van der Waals surface area (Å²) in [5.74, 6) is 0.739. The molecule has 0 fully saturated rings. The largest absolute Gasteiger partial charge is 0.383 e. The third kappa shape index (κ3) is 7.54. The number of hydrogen-bond donors (Lipinski definition) is 2. The van der Waals surface area contributed by atoms with Crippen LogP contribution < -0.4 is 10.6 Å². The maximum absolute atomic E-state index is 6.21. The molecule has 0 aliphatic carbocycles. The van der Waals surface area contributed by atoms with Crippen LogP contribution in [-0.4, -0.2) is 32.8 Å². The average Bonchev–Trinajstić information content (AvgIpc) is 2.39. The molecule has 0 aliphatic rings. The van der Waals surface area contributed by atoms with Crippen LogP contribution in [0.4, 0.5) is 0 Å². The van der Waals surface area contributed by atoms with Crippen molar-refractivity contribution >= 4 is 53.1 Å². The Balaban J connectivity index is 0.00000400. The second-order valence-corrected chi connectivity index (χ2v) is 5.13. The molecule has 1 aromatic carbocycles. The normalized spacial score (nSPS) is 12.5. The standard InChI is InChI=1S/C14H21Cl2N3O.HI/c1-4-17-14(18-7-8-20-3)19-10(2)12-6-5-11(15)9-13(12)16;/h5-6,9-10H,4,7-8H2,1-3H3,(H2,17,18,19);1H. The molecule has 4 nitrogen and oxygen atoms in total. The molecule has 0 spiro atoms. The molecule has 0 saturated carbocycles. The predicted molar refractivity (Wildman–Crippen MR) is 101 cm³/mol. The van der Waals surface area contributed by atoms with Gasteiger partial charge in [0.1, 0.15) is 0 Å². The number of nitrogens with zero attached hydrogens (tertiary/aromatic N) is 1. The maximum atomic E-state index is 6.21. The van der Waals surface area contributed by atoms with E-state index in [1.807, 2.05) is 26.0 Å². The Hall–Kier alpha value is -0.240. The first kappa shape index (κ1) is 20.8. The third-order valence-corrected chi connectivity index (χ3v) is 3.25. The van der Waals surface area contributed by atoms with Crippen molar-refractivity contribution in [3.8, 4) is 0 Å². The highest BCUT2D eigenvalue weighted by molar-refractivity contribution is 14.0. The van der Waals surface area contributed by atoms with Crippen LogP contribution in [0.1, 0.15) is 25.5 Å². The molecule has 0 bridgehead atoms. The highest BCUT2D eigenvalue weighted by atomic mass is 127. The Kier molecular flexibility index (Phi) is 11.2. The fraction of sp³-hybridized carbons (Fsp3) is 0.500. The number of hydrogen-bond acceptors (Lipinski definition) is 2. The minimum atomic E-state index is 0. The number of benzene rings is 1. The van der Waals surface area contributed by atoms with E-state index < -0.39 is 0 Å². The van der Waals surface area contributed by atoms with Crippen molar-refractivity contribution in [3.05, 3.63) is 33.8 Å². The molecule has 2 N–H and O–H groups in total. The summed E-state index contributed by atoms with van der Waals surface area (Å²) in [6, 6.07) is 5.52. The number of guanidine groups is 1. The summed E-state index contributed by atoms with van der Waals surface area (Å²) >= 11 is 12.1. The van der Waals surface area contributed by atoms with Crippen LogP contribution >= 0.6 is 47.2 Å². The van der Waals surface area contributed by atoms with Gasteiger partial charge in [0.05, 0.1) is 19.2 Å². The van der Waals surface area contributed by atoms with Crippen molar-refractivity contribution in [1.29, 1.82) is 0 Å². The van der Waals surface area contributed by atoms with Gasteiger partial charge in [-0.2, -0.15) is 0 Å². The lowest BCUT2D eigenvalue weighted by molar-refractivity contribution is 0.208. The van der Waals surface area contributed by atoms with E-state index >= 15 is 0 Å². The third-order valence-electron chi connectivity index (χ3n) is 2.69. The fourth-order valence-electron chi connectivity index (χ4n) is 1.70. The van der Waals surface area contributed by atoms with Crippen LogP contribution in [0.25, 0.3) is 0 Å². The molecule has 120 valence electrons. The van der Waals surface area contributed by atoms with Crippen molar-refractivity contribution in [3.63, 3.8) is 0 Å². The van der Waals surface area contributed by atoms with Gasteiger partial charge in [-0.25, -0.2) is 0 Å². The van der Waals surface area contributed by atoms with Crippen molar-refractivity contribution in [1.82, 2.24) is 10.6 Å². The Morgan fingerprint density at radius 3 is 2.67 bits per heavy atom. The maximum Gasteiger partial charge on any atom is 0.191 e. The first-order valence-electron chi connectivity index (χ1n) is 6.57. The molecule has 21 heavy (non-hydrogen) atoms. The van der Waals surface area contributed by atoms with E-state index in [4.69, 9.17) is 27.9 Å². The summed E-state index contributed by atoms with van der Waals surface area (Å²) in [6.45, 7) is 6.03. The highest BCUT2D eigenvalue weighted by Crippen LogP contribution is 2.25. The summed E-state index contributed by atoms with van der Waals surface area (Å²) < 4.78 is 4.99. The zero-order valence-electron chi connectivity index (χ0n) is 12.5. The van der Waals surface area contributed by atoms with Crippen LogP contribution in [0.15, 0.2) is 23.2 Å². The number of nitrogens with one attached hydrogen (secondary N) is 2. The lowest BCUT2D eigenvalue weighted by Crippen LogP contribution is -2.39. The predicted octanol–water partition coefficient (Wildman–Crippen LogP) is 3.87. The van der Waals surface area contributed by atoms with E-state index in [9.17, 15) is 0 Å². The highest BCUT2D eigenvalue weighted by Gasteiger charge is 2.11. The van der Waals surface area contributed by atoms with Gasteiger partial charge in [0.15, 0.2) is 5.96 Å². The van der Waals surface area contributed by atoms with Crippen molar-refractivity contribution < 1.29 is 4.74 Å². The lowest BCUT2D eigenvalue weighted by Gasteiger charge is -2.19. The zero-order valence-corrected chi connectivity index (χ0v) is 16.3. The smallest absolute Gasteiger partial charge is 0.191 e. The molecular formula is C14H22Cl2IN3O. The number of methoxy groups -OCH3 is 1. The summed E-state index contributed by atoms with van der Waals surface area (Å²) in [4.78, 5) is 4.42. The average molecular weight is 446 g/mol. The SMILES string of the molecule is CCNC(=NCCOC)NC(C)c1ccc(Cl)cc1Cl.I. The molecule has 1 unspecified atom stereocenters. The van der Waals surface area contributed by atoms with Crippen LogP contribution in [0, 0.1) is 0 Å². The number of halogens is 3. The molecule has 1 rings (SSSR count). The van der Waals surface area contributed by atoms with E-state index in [1.165, 1.54) is 0 Å². The number of rotatable bonds is 6. The van der Waals surface area contributed by atoms with Crippen LogP contribution in [0.2, 0.25) is 10.0 Å². The molecule has 0 amide bonds. The van der Waals surface area contributed by atoms with Crippen molar-refractivity contribution in [2.75, 3.05) is 26.8 Å². The topological polar surface area (TPSA) is 45.7 Å². The molecule has 7 heteroatoms. The fourth-order valence-corrected chi connectivity index (χ4v) is 2.28. The number of ether oxygens (including phenoxy) is 1.